The Morgan fingerprint density at radius 1 is 1.08 bits per heavy atom. The Hall–Kier alpha value is -0.180. The van der Waals surface area contributed by atoms with Crippen molar-refractivity contribution in [1.82, 2.24) is 4.90 Å². The first kappa shape index (κ1) is 9.38. The lowest BCUT2D eigenvalue weighted by Gasteiger charge is -2.32. The molecule has 76 valence electrons. The molecule has 1 heterocycles. The van der Waals surface area contributed by atoms with Crippen molar-refractivity contribution in [2.24, 2.45) is 0 Å². The normalized spacial score (nSPS) is 35.1. The molecule has 1 unspecified atom stereocenters. The van der Waals surface area contributed by atoms with Crippen molar-refractivity contribution in [1.29, 1.82) is 0 Å². The molecule has 0 bridgehead atoms. The summed E-state index contributed by atoms with van der Waals surface area (Å²) in [6, 6.07) is 0.176. The van der Waals surface area contributed by atoms with Gasteiger partial charge in [0.2, 0.25) is 5.92 Å². The van der Waals surface area contributed by atoms with E-state index in [0.29, 0.717) is 6.42 Å². The van der Waals surface area contributed by atoms with Gasteiger partial charge in [-0.2, -0.15) is 0 Å². The molecule has 2 fully saturated rings. The Balaban J connectivity index is 1.87. The number of alkyl halides is 2. The number of likely N-dealkylation sites (tertiary alicyclic amines) is 1. The van der Waals surface area contributed by atoms with E-state index in [2.05, 4.69) is 4.90 Å². The molecule has 1 atom stereocenters. The number of hydrogen-bond acceptors (Lipinski definition) is 1. The molecule has 1 nitrogen and oxygen atoms in total. The van der Waals surface area contributed by atoms with Crippen LogP contribution in [0.3, 0.4) is 0 Å². The highest BCUT2D eigenvalue weighted by molar-refractivity contribution is 4.88. The van der Waals surface area contributed by atoms with Crippen molar-refractivity contribution < 1.29 is 8.78 Å². The maximum atomic E-state index is 12.9. The second-order valence-corrected chi connectivity index (χ2v) is 4.35. The lowest BCUT2D eigenvalue weighted by atomic mass is 10.1. The van der Waals surface area contributed by atoms with Crippen LogP contribution in [0.25, 0.3) is 0 Å². The fraction of sp³-hybridized carbons (Fsp3) is 1.00. The molecule has 0 N–H and O–H groups in total. The van der Waals surface area contributed by atoms with E-state index in [4.69, 9.17) is 0 Å². The predicted octanol–water partition coefficient (Wildman–Crippen LogP) is 2.66. The summed E-state index contributed by atoms with van der Waals surface area (Å²) in [5.41, 5.74) is 0. The zero-order chi connectivity index (χ0) is 9.31. The van der Waals surface area contributed by atoms with Crippen molar-refractivity contribution in [3.05, 3.63) is 0 Å². The molecule has 0 amide bonds. The summed E-state index contributed by atoms with van der Waals surface area (Å²) in [6.07, 6.45) is 4.58. The van der Waals surface area contributed by atoms with Crippen LogP contribution in [0, 0.1) is 0 Å². The van der Waals surface area contributed by atoms with Crippen LogP contribution < -0.4 is 0 Å². The van der Waals surface area contributed by atoms with Gasteiger partial charge in [-0.25, -0.2) is 8.78 Å². The van der Waals surface area contributed by atoms with Gasteiger partial charge in [-0.05, 0) is 32.4 Å². The summed E-state index contributed by atoms with van der Waals surface area (Å²) >= 11 is 0. The summed E-state index contributed by atoms with van der Waals surface area (Å²) in [7, 11) is 0. The number of halogens is 2. The molecule has 13 heavy (non-hydrogen) atoms. The van der Waals surface area contributed by atoms with Gasteiger partial charge in [-0.3, -0.25) is 0 Å². The first-order valence-electron chi connectivity index (χ1n) is 5.29. The highest BCUT2D eigenvalue weighted by Crippen LogP contribution is 2.37. The van der Waals surface area contributed by atoms with E-state index >= 15 is 0 Å². The van der Waals surface area contributed by atoms with Crippen LogP contribution in [0.1, 0.15) is 38.5 Å². The van der Waals surface area contributed by atoms with Crippen LogP contribution in [-0.2, 0) is 0 Å². The molecule has 1 aliphatic heterocycles. The van der Waals surface area contributed by atoms with Gasteiger partial charge in [-0.15, -0.1) is 0 Å². The fourth-order valence-electron chi connectivity index (χ4n) is 2.52. The molecule has 1 aliphatic carbocycles. The Morgan fingerprint density at radius 3 is 2.31 bits per heavy atom. The third-order valence-corrected chi connectivity index (χ3v) is 3.28. The Bertz CT molecular complexity index is 176. The minimum atomic E-state index is -2.37. The molecule has 0 aromatic heterocycles. The van der Waals surface area contributed by atoms with Gasteiger partial charge in [0.05, 0.1) is 0 Å². The summed E-state index contributed by atoms with van der Waals surface area (Å²) in [5, 5.41) is 0. The first-order chi connectivity index (χ1) is 6.17. The van der Waals surface area contributed by atoms with Crippen LogP contribution >= 0.6 is 0 Å². The molecule has 3 heteroatoms. The highest BCUT2D eigenvalue weighted by atomic mass is 19.3. The fourth-order valence-corrected chi connectivity index (χ4v) is 2.52. The third-order valence-electron chi connectivity index (χ3n) is 3.28. The minimum absolute atomic E-state index is 0.104. The van der Waals surface area contributed by atoms with Gasteiger partial charge in [-0.1, -0.05) is 6.42 Å². The molecule has 1 saturated carbocycles. The largest absolute Gasteiger partial charge is 0.300 e. The number of nitrogens with zero attached hydrogens (tertiary/aromatic N) is 1. The van der Waals surface area contributed by atoms with Crippen molar-refractivity contribution in [2.75, 3.05) is 13.1 Å². The van der Waals surface area contributed by atoms with Crippen LogP contribution in [0.4, 0.5) is 8.78 Å². The molecule has 2 rings (SSSR count). The molecular formula is C10H17F2N. The van der Waals surface area contributed by atoms with E-state index in [1.165, 1.54) is 19.3 Å². The van der Waals surface area contributed by atoms with Gasteiger partial charge in [0.25, 0.3) is 0 Å². The van der Waals surface area contributed by atoms with Gasteiger partial charge in [0.1, 0.15) is 0 Å². The first-order valence-corrected chi connectivity index (χ1v) is 5.29. The minimum Gasteiger partial charge on any atom is -0.300 e. The topological polar surface area (TPSA) is 3.24 Å². The Morgan fingerprint density at radius 2 is 1.77 bits per heavy atom. The van der Waals surface area contributed by atoms with E-state index in [-0.39, 0.29) is 18.9 Å². The van der Waals surface area contributed by atoms with Gasteiger partial charge < -0.3 is 4.90 Å². The van der Waals surface area contributed by atoms with Gasteiger partial charge in [0.15, 0.2) is 0 Å². The molecule has 0 spiro atoms. The number of piperidine rings is 1. The van der Waals surface area contributed by atoms with E-state index < -0.39 is 5.92 Å². The number of hydrogen-bond donors (Lipinski definition) is 0. The monoisotopic (exact) mass is 189 g/mol. The Kier molecular flexibility index (Phi) is 2.54. The summed E-state index contributed by atoms with van der Waals surface area (Å²) < 4.78 is 25.8. The molecule has 0 radical (unpaired) electrons. The summed E-state index contributed by atoms with van der Waals surface area (Å²) in [6.45, 7) is 2.08. The maximum absolute atomic E-state index is 12.9. The lowest BCUT2D eigenvalue weighted by molar-refractivity contribution is -0.000393. The molecular weight excluding hydrogens is 172 g/mol. The van der Waals surface area contributed by atoms with Crippen molar-refractivity contribution in [2.45, 2.75) is 50.5 Å². The second-order valence-electron chi connectivity index (χ2n) is 4.35. The van der Waals surface area contributed by atoms with Crippen molar-refractivity contribution >= 4 is 0 Å². The number of rotatable bonds is 1. The molecule has 2 aliphatic rings. The Labute approximate surface area is 78.1 Å². The summed E-state index contributed by atoms with van der Waals surface area (Å²) in [4.78, 5) is 2.27. The predicted molar refractivity (Wildman–Crippen MR) is 48.0 cm³/mol. The van der Waals surface area contributed by atoms with Crippen molar-refractivity contribution in [3.8, 4) is 0 Å². The van der Waals surface area contributed by atoms with E-state index in [1.807, 2.05) is 0 Å². The summed E-state index contributed by atoms with van der Waals surface area (Å²) in [5.74, 6) is -2.37. The van der Waals surface area contributed by atoms with E-state index in [0.717, 1.165) is 13.1 Å². The SMILES string of the molecule is FC1(F)CCC(N2CCCCC2)C1. The van der Waals surface area contributed by atoms with Crippen LogP contribution in [0.2, 0.25) is 0 Å². The van der Waals surface area contributed by atoms with Crippen LogP contribution in [0.15, 0.2) is 0 Å². The second kappa shape index (κ2) is 3.52. The average molecular weight is 189 g/mol. The zero-order valence-electron chi connectivity index (χ0n) is 7.94. The van der Waals surface area contributed by atoms with E-state index in [1.54, 1.807) is 0 Å². The zero-order valence-corrected chi connectivity index (χ0v) is 7.94. The molecule has 0 aromatic rings. The average Bonchev–Trinajstić information content (AvgIpc) is 2.48. The molecule has 1 saturated heterocycles. The molecule has 0 aromatic carbocycles. The smallest absolute Gasteiger partial charge is 0.249 e. The van der Waals surface area contributed by atoms with Gasteiger partial charge >= 0.3 is 0 Å². The third kappa shape index (κ3) is 2.19. The van der Waals surface area contributed by atoms with Gasteiger partial charge in [0, 0.05) is 18.9 Å². The standard InChI is InChI=1S/C10H17F2N/c11-10(12)5-4-9(8-10)13-6-2-1-3-7-13/h9H,1-8H2. The van der Waals surface area contributed by atoms with Crippen LogP contribution in [0.5, 0.6) is 0 Å². The maximum Gasteiger partial charge on any atom is 0.249 e. The quantitative estimate of drug-likeness (QED) is 0.613. The van der Waals surface area contributed by atoms with Crippen molar-refractivity contribution in [3.63, 3.8) is 0 Å². The van der Waals surface area contributed by atoms with Crippen LogP contribution in [-0.4, -0.2) is 30.0 Å². The highest BCUT2D eigenvalue weighted by Gasteiger charge is 2.41. The lowest BCUT2D eigenvalue weighted by Crippen LogP contribution is -2.38. The van der Waals surface area contributed by atoms with E-state index in [9.17, 15) is 8.78 Å².